The number of carbonyl (C=O) groups excluding carboxylic acids is 4. The summed E-state index contributed by atoms with van der Waals surface area (Å²) in [6, 6.07) is 12.6. The van der Waals surface area contributed by atoms with Crippen LogP contribution in [0.15, 0.2) is 60.7 Å². The largest absolute Gasteiger partial charge is 0.497 e. The summed E-state index contributed by atoms with van der Waals surface area (Å²) in [5.41, 5.74) is 1.06. The van der Waals surface area contributed by atoms with Gasteiger partial charge in [0.25, 0.3) is 0 Å². The van der Waals surface area contributed by atoms with Crippen LogP contribution in [0.1, 0.15) is 33.6 Å². The van der Waals surface area contributed by atoms with Gasteiger partial charge in [-0.15, -0.1) is 0 Å². The Kier molecular flexibility index (Phi) is 5.66. The number of fused-ring (bicyclic) bond motifs is 1. The van der Waals surface area contributed by atoms with Gasteiger partial charge in [0.05, 0.1) is 30.2 Å². The summed E-state index contributed by atoms with van der Waals surface area (Å²) >= 11 is 0. The molecule has 0 N–H and O–H groups in total. The van der Waals surface area contributed by atoms with Crippen LogP contribution in [0.3, 0.4) is 0 Å². The van der Waals surface area contributed by atoms with Gasteiger partial charge in [-0.1, -0.05) is 12.2 Å². The van der Waals surface area contributed by atoms with Crippen LogP contribution in [0.5, 0.6) is 5.75 Å². The van der Waals surface area contributed by atoms with Crippen molar-refractivity contribution in [3.8, 4) is 5.75 Å². The van der Waals surface area contributed by atoms with Crippen molar-refractivity contribution in [2.24, 2.45) is 11.8 Å². The zero-order chi connectivity index (χ0) is 22.0. The average molecular weight is 419 g/mol. The fraction of sp³-hybridized carbons (Fsp3) is 0.250. The topological polar surface area (TPSA) is 90.0 Å². The molecule has 1 aliphatic heterocycles. The van der Waals surface area contributed by atoms with Crippen LogP contribution in [0.4, 0.5) is 5.69 Å². The van der Waals surface area contributed by atoms with Gasteiger partial charge in [-0.25, -0.2) is 4.79 Å². The Hall–Kier alpha value is -3.74. The number of hydrogen-bond donors (Lipinski definition) is 0. The van der Waals surface area contributed by atoms with Crippen molar-refractivity contribution in [1.82, 2.24) is 0 Å². The van der Waals surface area contributed by atoms with E-state index in [1.165, 1.54) is 24.1 Å². The molecule has 31 heavy (non-hydrogen) atoms. The normalized spacial score (nSPS) is 19.8. The molecule has 2 aromatic rings. The fourth-order valence-electron chi connectivity index (χ4n) is 3.88. The first kappa shape index (κ1) is 20.5. The predicted octanol–water partition coefficient (Wildman–Crippen LogP) is 3.19. The Labute approximate surface area is 179 Å². The second-order valence-electron chi connectivity index (χ2n) is 7.44. The Morgan fingerprint density at radius 2 is 1.42 bits per heavy atom. The highest BCUT2D eigenvalue weighted by Crippen LogP contribution is 2.37. The monoisotopic (exact) mass is 419 g/mol. The van der Waals surface area contributed by atoms with Crippen molar-refractivity contribution in [3.63, 3.8) is 0 Å². The number of imide groups is 1. The van der Waals surface area contributed by atoms with Gasteiger partial charge in [0, 0.05) is 5.56 Å². The minimum Gasteiger partial charge on any atom is -0.497 e. The quantitative estimate of drug-likeness (QED) is 0.309. The van der Waals surface area contributed by atoms with Crippen molar-refractivity contribution in [2.75, 3.05) is 18.6 Å². The first-order valence-electron chi connectivity index (χ1n) is 9.97. The first-order chi connectivity index (χ1) is 15.0. The summed E-state index contributed by atoms with van der Waals surface area (Å²) in [5.74, 6) is -1.42. The second kappa shape index (κ2) is 8.55. The van der Waals surface area contributed by atoms with Gasteiger partial charge in [0.15, 0.2) is 12.4 Å². The molecule has 2 amide bonds. The molecule has 0 spiro atoms. The van der Waals surface area contributed by atoms with E-state index >= 15 is 0 Å². The van der Waals surface area contributed by atoms with Crippen LogP contribution in [-0.2, 0) is 14.3 Å². The third kappa shape index (κ3) is 3.99. The number of amides is 2. The highest BCUT2D eigenvalue weighted by atomic mass is 16.5. The molecule has 2 aromatic carbocycles. The smallest absolute Gasteiger partial charge is 0.338 e. The number of anilines is 1. The van der Waals surface area contributed by atoms with E-state index in [4.69, 9.17) is 9.47 Å². The molecular formula is C24H21NO6. The highest BCUT2D eigenvalue weighted by molar-refractivity contribution is 6.22. The van der Waals surface area contributed by atoms with Gasteiger partial charge in [-0.3, -0.25) is 19.3 Å². The lowest BCUT2D eigenvalue weighted by Gasteiger charge is -2.15. The van der Waals surface area contributed by atoms with Crippen molar-refractivity contribution in [3.05, 3.63) is 71.8 Å². The number of ketones is 1. The number of hydrogen-bond acceptors (Lipinski definition) is 6. The zero-order valence-corrected chi connectivity index (χ0v) is 16.9. The predicted molar refractivity (Wildman–Crippen MR) is 112 cm³/mol. The molecule has 4 rings (SSSR count). The van der Waals surface area contributed by atoms with E-state index in [0.29, 0.717) is 29.8 Å². The molecule has 2 aliphatic rings. The molecule has 158 valence electrons. The molecule has 0 unspecified atom stereocenters. The summed E-state index contributed by atoms with van der Waals surface area (Å²) in [6.07, 6.45) is 5.00. The van der Waals surface area contributed by atoms with Crippen LogP contribution >= 0.6 is 0 Å². The van der Waals surface area contributed by atoms with E-state index in [2.05, 4.69) is 0 Å². The maximum Gasteiger partial charge on any atom is 0.338 e. The molecule has 0 bridgehead atoms. The fourth-order valence-corrected chi connectivity index (χ4v) is 3.88. The summed E-state index contributed by atoms with van der Waals surface area (Å²) in [7, 11) is 1.53. The van der Waals surface area contributed by atoms with Crippen LogP contribution in [0.25, 0.3) is 0 Å². The lowest BCUT2D eigenvalue weighted by Crippen LogP contribution is -2.30. The number of ether oxygens (including phenoxy) is 2. The molecule has 0 saturated carbocycles. The minimum atomic E-state index is -0.662. The standard InChI is InChI=1S/C24H21NO6/c1-30-18-12-8-15(9-13-18)21(26)14-31-24(29)16-6-10-17(11-7-16)25-22(27)19-4-2-3-5-20(19)23(25)28/h2-3,6-13,19-20H,4-5,14H2,1H3/t19-,20+. The van der Waals surface area contributed by atoms with Gasteiger partial charge in [0.2, 0.25) is 11.8 Å². The second-order valence-corrected chi connectivity index (χ2v) is 7.44. The maximum atomic E-state index is 12.7. The Morgan fingerprint density at radius 1 is 0.871 bits per heavy atom. The van der Waals surface area contributed by atoms with E-state index < -0.39 is 12.6 Å². The van der Waals surface area contributed by atoms with Crippen molar-refractivity contribution < 1.29 is 28.7 Å². The Morgan fingerprint density at radius 3 is 1.97 bits per heavy atom. The van der Waals surface area contributed by atoms with Gasteiger partial charge in [-0.05, 0) is 61.4 Å². The lowest BCUT2D eigenvalue weighted by molar-refractivity contribution is -0.122. The van der Waals surface area contributed by atoms with E-state index in [0.717, 1.165) is 0 Å². The minimum absolute atomic E-state index is 0.209. The summed E-state index contributed by atoms with van der Waals surface area (Å²) in [6.45, 7) is -0.396. The number of benzene rings is 2. The van der Waals surface area contributed by atoms with Crippen molar-refractivity contribution in [1.29, 1.82) is 0 Å². The van der Waals surface area contributed by atoms with Crippen LogP contribution in [0.2, 0.25) is 0 Å². The molecule has 7 heteroatoms. The van der Waals surface area contributed by atoms with Crippen LogP contribution < -0.4 is 9.64 Å². The number of Topliss-reactive ketones (excluding diaryl/α,β-unsaturated/α-hetero) is 1. The SMILES string of the molecule is COc1ccc(C(=O)COC(=O)c2ccc(N3C(=O)[C@H]4CC=CC[C@H]4C3=O)cc2)cc1. The van der Waals surface area contributed by atoms with Crippen LogP contribution in [0, 0.1) is 11.8 Å². The number of methoxy groups -OCH3 is 1. The molecule has 7 nitrogen and oxygen atoms in total. The molecule has 1 fully saturated rings. The van der Waals surface area contributed by atoms with Gasteiger partial charge in [-0.2, -0.15) is 0 Å². The van der Waals surface area contributed by atoms with E-state index in [9.17, 15) is 19.2 Å². The molecule has 0 radical (unpaired) electrons. The van der Waals surface area contributed by atoms with E-state index in [1.807, 2.05) is 12.2 Å². The van der Waals surface area contributed by atoms with Crippen LogP contribution in [-0.4, -0.2) is 37.3 Å². The number of nitrogens with zero attached hydrogens (tertiary/aromatic N) is 1. The zero-order valence-electron chi connectivity index (χ0n) is 16.9. The van der Waals surface area contributed by atoms with Gasteiger partial charge in [0.1, 0.15) is 5.75 Å². The molecule has 1 aliphatic carbocycles. The molecule has 0 aromatic heterocycles. The third-order valence-corrected chi connectivity index (χ3v) is 5.62. The maximum absolute atomic E-state index is 12.7. The van der Waals surface area contributed by atoms with Crippen molar-refractivity contribution in [2.45, 2.75) is 12.8 Å². The molecule has 1 saturated heterocycles. The average Bonchev–Trinajstić information content (AvgIpc) is 3.07. The summed E-state index contributed by atoms with van der Waals surface area (Å²) < 4.78 is 10.2. The van der Waals surface area contributed by atoms with Gasteiger partial charge >= 0.3 is 5.97 Å². The number of carbonyl (C=O) groups is 4. The molecular weight excluding hydrogens is 398 g/mol. The lowest BCUT2D eigenvalue weighted by atomic mass is 9.85. The number of esters is 1. The summed E-state index contributed by atoms with van der Waals surface area (Å²) in [4.78, 5) is 51.0. The van der Waals surface area contributed by atoms with Gasteiger partial charge < -0.3 is 9.47 Å². The third-order valence-electron chi connectivity index (χ3n) is 5.62. The molecule has 1 heterocycles. The molecule has 2 atom stereocenters. The Balaban J connectivity index is 1.38. The Bertz CT molecular complexity index is 1030. The van der Waals surface area contributed by atoms with E-state index in [-0.39, 0.29) is 35.0 Å². The highest BCUT2D eigenvalue weighted by Gasteiger charge is 2.47. The van der Waals surface area contributed by atoms with Crippen molar-refractivity contribution >= 4 is 29.3 Å². The number of rotatable bonds is 6. The first-order valence-corrected chi connectivity index (χ1v) is 9.97. The summed E-state index contributed by atoms with van der Waals surface area (Å²) in [5, 5.41) is 0. The van der Waals surface area contributed by atoms with E-state index in [1.54, 1.807) is 36.4 Å². The number of allylic oxidation sites excluding steroid dienone is 2.